The van der Waals surface area contributed by atoms with Gasteiger partial charge in [-0.15, -0.1) is 5.10 Å². The van der Waals surface area contributed by atoms with Crippen LogP contribution in [0, 0.1) is 18.3 Å². The average Bonchev–Trinajstić information content (AvgIpc) is 3.42. The lowest BCUT2D eigenvalue weighted by Crippen LogP contribution is -2.47. The van der Waals surface area contributed by atoms with Gasteiger partial charge in [0, 0.05) is 11.6 Å². The fourth-order valence-electron chi connectivity index (χ4n) is 4.04. The standard InChI is InChI=1S/C24H22N8O2/c1-15-8-9-22(29-28-15)34-18-12-26-23-20(13-27-31(23)14-18)19-6-4-5-7-21(19)24(3)10-17(11-25)32(30-24)16(2)33/h4-10,12-14,16,30,33H,1-3H3. The van der Waals surface area contributed by atoms with Gasteiger partial charge in [-0.3, -0.25) is 5.01 Å². The zero-order valence-electron chi connectivity index (χ0n) is 18.8. The van der Waals surface area contributed by atoms with Gasteiger partial charge in [-0.1, -0.05) is 24.3 Å². The third kappa shape index (κ3) is 3.73. The number of aromatic nitrogens is 5. The summed E-state index contributed by atoms with van der Waals surface area (Å²) in [4.78, 5) is 4.58. The van der Waals surface area contributed by atoms with Crippen molar-refractivity contribution in [2.45, 2.75) is 32.5 Å². The zero-order valence-corrected chi connectivity index (χ0v) is 18.8. The van der Waals surface area contributed by atoms with Gasteiger partial charge in [0.25, 0.3) is 0 Å². The number of aliphatic hydroxyl groups is 1. The van der Waals surface area contributed by atoms with Crippen molar-refractivity contribution in [3.05, 3.63) is 78.0 Å². The molecule has 1 aromatic carbocycles. The summed E-state index contributed by atoms with van der Waals surface area (Å²) in [7, 11) is 0. The van der Waals surface area contributed by atoms with Crippen LogP contribution in [-0.2, 0) is 5.54 Å². The molecular formula is C24H22N8O2. The molecule has 0 saturated carbocycles. The van der Waals surface area contributed by atoms with Crippen molar-refractivity contribution in [3.63, 3.8) is 0 Å². The number of rotatable bonds is 5. The Bertz CT molecular complexity index is 1440. The normalized spacial score (nSPS) is 18.6. The molecule has 0 radical (unpaired) electrons. The number of ether oxygens (including phenoxy) is 1. The molecule has 4 aromatic rings. The molecular weight excluding hydrogens is 432 g/mol. The number of nitrogens with one attached hydrogen (secondary N) is 1. The predicted molar refractivity (Wildman–Crippen MR) is 123 cm³/mol. The Morgan fingerprint density at radius 3 is 2.68 bits per heavy atom. The Hall–Kier alpha value is -4.33. The lowest BCUT2D eigenvalue weighted by Gasteiger charge is -2.31. The first-order valence-electron chi connectivity index (χ1n) is 10.7. The number of benzene rings is 1. The Morgan fingerprint density at radius 2 is 1.97 bits per heavy atom. The van der Waals surface area contributed by atoms with Crippen molar-refractivity contribution >= 4 is 5.65 Å². The molecule has 5 rings (SSSR count). The van der Waals surface area contributed by atoms with Gasteiger partial charge < -0.3 is 9.84 Å². The van der Waals surface area contributed by atoms with E-state index in [0.29, 0.717) is 23.0 Å². The first-order chi connectivity index (χ1) is 16.4. The van der Waals surface area contributed by atoms with E-state index in [4.69, 9.17) is 4.74 Å². The van der Waals surface area contributed by atoms with Crippen LogP contribution in [0.5, 0.6) is 11.6 Å². The highest BCUT2D eigenvalue weighted by molar-refractivity contribution is 5.80. The van der Waals surface area contributed by atoms with E-state index in [2.05, 4.69) is 31.8 Å². The summed E-state index contributed by atoms with van der Waals surface area (Å²) >= 11 is 0. The number of fused-ring (bicyclic) bond motifs is 1. The molecule has 170 valence electrons. The fourth-order valence-corrected chi connectivity index (χ4v) is 4.04. The van der Waals surface area contributed by atoms with Crippen molar-refractivity contribution in [3.8, 4) is 28.8 Å². The highest BCUT2D eigenvalue weighted by atomic mass is 16.5. The maximum atomic E-state index is 10.1. The van der Waals surface area contributed by atoms with Crippen LogP contribution in [0.2, 0.25) is 0 Å². The van der Waals surface area contributed by atoms with E-state index in [1.807, 2.05) is 50.3 Å². The molecule has 4 heterocycles. The molecule has 0 bridgehead atoms. The molecule has 2 atom stereocenters. The van der Waals surface area contributed by atoms with Gasteiger partial charge in [0.15, 0.2) is 11.4 Å². The summed E-state index contributed by atoms with van der Waals surface area (Å²) < 4.78 is 7.41. The Balaban J connectivity index is 1.53. The van der Waals surface area contributed by atoms with E-state index >= 15 is 0 Å². The molecule has 0 saturated heterocycles. The lowest BCUT2D eigenvalue weighted by molar-refractivity contribution is 0.00596. The van der Waals surface area contributed by atoms with Crippen LogP contribution in [-0.4, -0.2) is 41.1 Å². The largest absolute Gasteiger partial charge is 0.434 e. The summed E-state index contributed by atoms with van der Waals surface area (Å²) in [5.41, 5.74) is 6.98. The molecule has 1 aliphatic heterocycles. The minimum absolute atomic E-state index is 0.353. The third-order valence-corrected chi connectivity index (χ3v) is 5.63. The van der Waals surface area contributed by atoms with Gasteiger partial charge in [0.05, 0.1) is 29.8 Å². The third-order valence-electron chi connectivity index (χ3n) is 5.63. The van der Waals surface area contributed by atoms with E-state index < -0.39 is 11.8 Å². The van der Waals surface area contributed by atoms with E-state index in [1.165, 1.54) is 5.01 Å². The molecule has 0 spiro atoms. The highest BCUT2D eigenvalue weighted by Crippen LogP contribution is 2.38. The molecule has 3 aromatic heterocycles. The quantitative estimate of drug-likeness (QED) is 0.468. The van der Waals surface area contributed by atoms with E-state index in [-0.39, 0.29) is 0 Å². The van der Waals surface area contributed by atoms with Crippen LogP contribution < -0.4 is 10.2 Å². The number of nitriles is 1. The maximum Gasteiger partial charge on any atom is 0.239 e. The van der Waals surface area contributed by atoms with E-state index in [0.717, 1.165) is 22.4 Å². The van der Waals surface area contributed by atoms with Crippen LogP contribution in [0.15, 0.2) is 66.8 Å². The average molecular weight is 454 g/mol. The van der Waals surface area contributed by atoms with Crippen LogP contribution in [0.1, 0.15) is 25.1 Å². The van der Waals surface area contributed by atoms with Crippen LogP contribution >= 0.6 is 0 Å². The van der Waals surface area contributed by atoms with Crippen molar-refractivity contribution < 1.29 is 9.84 Å². The van der Waals surface area contributed by atoms with Gasteiger partial charge in [-0.25, -0.2) is 14.9 Å². The first-order valence-corrected chi connectivity index (χ1v) is 10.7. The van der Waals surface area contributed by atoms with Gasteiger partial charge in [-0.2, -0.15) is 15.5 Å². The number of nitrogens with zero attached hydrogens (tertiary/aromatic N) is 7. The molecule has 2 N–H and O–H groups in total. The monoisotopic (exact) mass is 454 g/mol. The fraction of sp³-hybridized carbons (Fsp3) is 0.208. The predicted octanol–water partition coefficient (Wildman–Crippen LogP) is 3.07. The van der Waals surface area contributed by atoms with Gasteiger partial charge >= 0.3 is 0 Å². The Labute approximate surface area is 195 Å². The smallest absolute Gasteiger partial charge is 0.239 e. The molecule has 1 aliphatic rings. The minimum Gasteiger partial charge on any atom is -0.434 e. The first kappa shape index (κ1) is 21.5. The second-order valence-electron chi connectivity index (χ2n) is 8.23. The van der Waals surface area contributed by atoms with E-state index in [1.54, 1.807) is 36.1 Å². The Kier molecular flexibility index (Phi) is 5.20. The number of hydrazine groups is 1. The van der Waals surface area contributed by atoms with Crippen molar-refractivity contribution in [2.75, 3.05) is 0 Å². The number of aliphatic hydroxyl groups excluding tert-OH is 1. The van der Waals surface area contributed by atoms with Gasteiger partial charge in [0.1, 0.15) is 18.0 Å². The number of allylic oxidation sites excluding steroid dienone is 1. The Morgan fingerprint density at radius 1 is 1.15 bits per heavy atom. The van der Waals surface area contributed by atoms with Gasteiger partial charge in [0.2, 0.25) is 5.88 Å². The van der Waals surface area contributed by atoms with Crippen LogP contribution in [0.25, 0.3) is 16.8 Å². The second kappa shape index (κ2) is 8.22. The SMILES string of the molecule is Cc1ccc(Oc2cnc3c(-c4ccccc4C4(C)C=C(C#N)N(C(C)O)N4)cnn3c2)nn1. The summed E-state index contributed by atoms with van der Waals surface area (Å²) in [6, 6.07) is 13.5. The minimum atomic E-state index is -0.866. The number of aryl methyl sites for hydroxylation is 1. The van der Waals surface area contributed by atoms with Crippen LogP contribution in [0.3, 0.4) is 0 Å². The number of hydrogen-bond acceptors (Lipinski definition) is 9. The van der Waals surface area contributed by atoms with Gasteiger partial charge in [-0.05, 0) is 44.0 Å². The topological polar surface area (TPSA) is 124 Å². The zero-order chi connectivity index (χ0) is 23.9. The molecule has 34 heavy (non-hydrogen) atoms. The molecule has 10 nitrogen and oxygen atoms in total. The van der Waals surface area contributed by atoms with Crippen LogP contribution in [0.4, 0.5) is 0 Å². The number of hydrogen-bond donors (Lipinski definition) is 2. The lowest BCUT2D eigenvalue weighted by atomic mass is 9.86. The summed E-state index contributed by atoms with van der Waals surface area (Å²) in [6.45, 7) is 5.42. The molecule has 2 unspecified atom stereocenters. The molecule has 10 heteroatoms. The summed E-state index contributed by atoms with van der Waals surface area (Å²) in [6.07, 6.45) is 6.04. The van der Waals surface area contributed by atoms with Crippen molar-refractivity contribution in [1.29, 1.82) is 5.26 Å². The highest BCUT2D eigenvalue weighted by Gasteiger charge is 2.38. The van der Waals surface area contributed by atoms with Crippen molar-refractivity contribution in [2.24, 2.45) is 0 Å². The molecule has 0 fully saturated rings. The summed E-state index contributed by atoms with van der Waals surface area (Å²) in [5.74, 6) is 0.847. The van der Waals surface area contributed by atoms with E-state index in [9.17, 15) is 10.4 Å². The second-order valence-corrected chi connectivity index (χ2v) is 8.23. The molecule has 0 aliphatic carbocycles. The maximum absolute atomic E-state index is 10.1. The molecule has 0 amide bonds. The summed E-state index contributed by atoms with van der Waals surface area (Å²) in [5, 5.41) is 33.6. The van der Waals surface area contributed by atoms with Crippen molar-refractivity contribution in [1.82, 2.24) is 35.2 Å².